The monoisotopic (exact) mass is 479 g/mol. The lowest BCUT2D eigenvalue weighted by molar-refractivity contribution is -0.228. The van der Waals surface area contributed by atoms with Crippen molar-refractivity contribution < 1.29 is 28.7 Å². The van der Waals surface area contributed by atoms with Crippen LogP contribution in [0.15, 0.2) is 30.3 Å². The summed E-state index contributed by atoms with van der Waals surface area (Å²) in [5.74, 6) is -0.385. The molecule has 0 unspecified atom stereocenters. The maximum absolute atomic E-state index is 13.0. The number of esters is 1. The van der Waals surface area contributed by atoms with Crippen molar-refractivity contribution in [3.8, 4) is 0 Å². The van der Waals surface area contributed by atoms with Gasteiger partial charge in [0.25, 0.3) is 0 Å². The fourth-order valence-corrected chi connectivity index (χ4v) is 3.10. The third-order valence-electron chi connectivity index (χ3n) is 4.63. The molecule has 34 heavy (non-hydrogen) atoms. The first kappa shape index (κ1) is 29.2. The Morgan fingerprint density at radius 2 is 1.71 bits per heavy atom. The number of amides is 3. The van der Waals surface area contributed by atoms with Crippen molar-refractivity contribution in [3.63, 3.8) is 0 Å². The van der Waals surface area contributed by atoms with Crippen LogP contribution >= 0.6 is 0 Å². The number of unbranched alkanes of at least 4 members (excludes halogenated alkanes) is 1. The van der Waals surface area contributed by atoms with E-state index in [0.29, 0.717) is 12.8 Å². The van der Waals surface area contributed by atoms with Crippen molar-refractivity contribution in [2.24, 2.45) is 5.92 Å². The smallest absolute Gasteiger partial charge is 0.435 e. The van der Waals surface area contributed by atoms with Gasteiger partial charge in [-0.2, -0.15) is 5.06 Å². The van der Waals surface area contributed by atoms with Gasteiger partial charge in [-0.15, -0.1) is 0 Å². The van der Waals surface area contributed by atoms with Gasteiger partial charge in [-0.25, -0.2) is 14.4 Å². The van der Waals surface area contributed by atoms with Gasteiger partial charge in [0, 0.05) is 6.42 Å². The van der Waals surface area contributed by atoms with E-state index in [2.05, 4.69) is 10.6 Å². The molecular weight excluding hydrogens is 438 g/mol. The summed E-state index contributed by atoms with van der Waals surface area (Å²) in [7, 11) is 1.28. The van der Waals surface area contributed by atoms with E-state index in [9.17, 15) is 14.4 Å². The standard InChI is InChI=1S/C25H41N3O6/c1-8-9-15-33-24(31)28(34-25(4,5)6)21(17-19-13-11-10-12-14-19)27-23(30)26-20(16-18(2)3)22(29)32-7/h10-14,18,20-21H,8-9,15-17H2,1-7H3,(H2,26,27,30)/t20-,21-/m0/s1. The zero-order chi connectivity index (χ0) is 25.7. The van der Waals surface area contributed by atoms with Crippen LogP contribution in [0.4, 0.5) is 9.59 Å². The van der Waals surface area contributed by atoms with Gasteiger partial charge in [0.05, 0.1) is 19.3 Å². The molecule has 0 bridgehead atoms. The van der Waals surface area contributed by atoms with Gasteiger partial charge in [-0.1, -0.05) is 57.5 Å². The number of urea groups is 1. The highest BCUT2D eigenvalue weighted by Crippen LogP contribution is 2.17. The van der Waals surface area contributed by atoms with E-state index in [1.165, 1.54) is 7.11 Å². The van der Waals surface area contributed by atoms with Crippen LogP contribution in [-0.4, -0.2) is 54.7 Å². The number of benzene rings is 1. The molecule has 0 radical (unpaired) electrons. The van der Waals surface area contributed by atoms with Crippen LogP contribution in [0, 0.1) is 5.92 Å². The summed E-state index contributed by atoms with van der Waals surface area (Å²) in [6, 6.07) is 7.96. The van der Waals surface area contributed by atoms with Crippen molar-refractivity contribution in [2.45, 2.75) is 85.0 Å². The van der Waals surface area contributed by atoms with E-state index in [-0.39, 0.29) is 18.9 Å². The van der Waals surface area contributed by atoms with E-state index < -0.39 is 35.9 Å². The van der Waals surface area contributed by atoms with Gasteiger partial charge in [0.15, 0.2) is 0 Å². The molecule has 0 aromatic heterocycles. The fourth-order valence-electron chi connectivity index (χ4n) is 3.10. The molecule has 0 fully saturated rings. The predicted octanol–water partition coefficient (Wildman–Crippen LogP) is 4.41. The van der Waals surface area contributed by atoms with Crippen LogP contribution in [0.5, 0.6) is 0 Å². The number of nitrogens with one attached hydrogen (secondary N) is 2. The average molecular weight is 480 g/mol. The van der Waals surface area contributed by atoms with Crippen LogP contribution in [0.1, 0.15) is 66.4 Å². The van der Waals surface area contributed by atoms with E-state index in [4.69, 9.17) is 14.3 Å². The quantitative estimate of drug-likeness (QED) is 0.199. The Labute approximate surface area is 203 Å². The van der Waals surface area contributed by atoms with Gasteiger partial charge < -0.3 is 20.1 Å². The zero-order valence-electron chi connectivity index (χ0n) is 21.6. The normalized spacial score (nSPS) is 13.1. The van der Waals surface area contributed by atoms with Crippen molar-refractivity contribution in [1.82, 2.24) is 15.7 Å². The number of methoxy groups -OCH3 is 1. The Bertz CT molecular complexity index is 764. The first-order chi connectivity index (χ1) is 16.0. The summed E-state index contributed by atoms with van der Waals surface area (Å²) in [5, 5.41) is 6.52. The molecule has 0 aliphatic carbocycles. The largest absolute Gasteiger partial charge is 0.467 e. The van der Waals surface area contributed by atoms with Gasteiger partial charge in [0.2, 0.25) is 0 Å². The minimum Gasteiger partial charge on any atom is -0.467 e. The molecule has 0 saturated heterocycles. The zero-order valence-corrected chi connectivity index (χ0v) is 21.6. The molecule has 192 valence electrons. The SMILES string of the molecule is CCCCOC(=O)N(OC(C)(C)C)[C@@H](Cc1ccccc1)NC(=O)N[C@@H](CC(C)C)C(=O)OC. The number of hydrogen-bond acceptors (Lipinski definition) is 6. The summed E-state index contributed by atoms with van der Waals surface area (Å²) >= 11 is 0. The minimum absolute atomic E-state index is 0.152. The lowest BCUT2D eigenvalue weighted by Crippen LogP contribution is -2.58. The van der Waals surface area contributed by atoms with E-state index in [1.807, 2.05) is 51.1 Å². The molecule has 3 amide bonds. The molecule has 1 rings (SSSR count). The van der Waals surface area contributed by atoms with Crippen LogP contribution in [-0.2, 0) is 25.5 Å². The van der Waals surface area contributed by atoms with E-state index in [0.717, 1.165) is 17.0 Å². The minimum atomic E-state index is -0.895. The summed E-state index contributed by atoms with van der Waals surface area (Å²) in [6.07, 6.45) is 0.657. The Balaban J connectivity index is 3.17. The van der Waals surface area contributed by atoms with Crippen LogP contribution in [0.2, 0.25) is 0 Å². The molecule has 0 aliphatic rings. The summed E-state index contributed by atoms with van der Waals surface area (Å²) in [5.41, 5.74) is 0.145. The number of carbonyl (C=O) groups is 3. The maximum Gasteiger partial charge on any atom is 0.435 e. The van der Waals surface area contributed by atoms with Crippen LogP contribution in [0.25, 0.3) is 0 Å². The molecule has 0 spiro atoms. The first-order valence-electron chi connectivity index (χ1n) is 11.8. The Morgan fingerprint density at radius 1 is 1.06 bits per heavy atom. The van der Waals surface area contributed by atoms with Gasteiger partial charge in [-0.05, 0) is 45.1 Å². The third kappa shape index (κ3) is 11.4. The number of hydrogen-bond donors (Lipinski definition) is 2. The second kappa shape index (κ2) is 14.5. The molecule has 0 saturated carbocycles. The maximum atomic E-state index is 13.0. The topological polar surface area (TPSA) is 106 Å². The Hall–Kier alpha value is -2.81. The molecule has 2 atom stereocenters. The summed E-state index contributed by atoms with van der Waals surface area (Å²) in [6.45, 7) is 11.5. The summed E-state index contributed by atoms with van der Waals surface area (Å²) in [4.78, 5) is 44.0. The highest BCUT2D eigenvalue weighted by atomic mass is 16.7. The van der Waals surface area contributed by atoms with Gasteiger partial charge >= 0.3 is 18.1 Å². The molecule has 2 N–H and O–H groups in total. The molecular formula is C25H41N3O6. The van der Waals surface area contributed by atoms with Crippen LogP contribution in [0.3, 0.4) is 0 Å². The second-order valence-electron chi connectivity index (χ2n) is 9.53. The van der Waals surface area contributed by atoms with E-state index in [1.54, 1.807) is 20.8 Å². The van der Waals surface area contributed by atoms with E-state index >= 15 is 0 Å². The van der Waals surface area contributed by atoms with Gasteiger partial charge in [-0.3, -0.25) is 4.84 Å². The van der Waals surface area contributed by atoms with Crippen molar-refractivity contribution in [2.75, 3.05) is 13.7 Å². The Morgan fingerprint density at radius 3 is 2.24 bits per heavy atom. The molecule has 9 nitrogen and oxygen atoms in total. The first-order valence-corrected chi connectivity index (χ1v) is 11.8. The highest BCUT2D eigenvalue weighted by molar-refractivity contribution is 5.83. The lowest BCUT2D eigenvalue weighted by atomic mass is 10.0. The van der Waals surface area contributed by atoms with Crippen molar-refractivity contribution >= 4 is 18.1 Å². The average Bonchev–Trinajstić information content (AvgIpc) is 2.76. The van der Waals surface area contributed by atoms with Crippen LogP contribution < -0.4 is 10.6 Å². The molecule has 0 heterocycles. The van der Waals surface area contributed by atoms with Gasteiger partial charge in [0.1, 0.15) is 12.2 Å². The molecule has 1 aromatic rings. The highest BCUT2D eigenvalue weighted by Gasteiger charge is 2.33. The fraction of sp³-hybridized carbons (Fsp3) is 0.640. The number of rotatable bonds is 12. The number of ether oxygens (including phenoxy) is 2. The second-order valence-corrected chi connectivity index (χ2v) is 9.53. The molecule has 9 heteroatoms. The molecule has 0 aliphatic heterocycles. The number of carbonyl (C=O) groups excluding carboxylic acids is 3. The van der Waals surface area contributed by atoms with Crippen molar-refractivity contribution in [3.05, 3.63) is 35.9 Å². The number of nitrogens with zero attached hydrogens (tertiary/aromatic N) is 1. The predicted molar refractivity (Wildman–Crippen MR) is 130 cm³/mol. The lowest BCUT2D eigenvalue weighted by Gasteiger charge is -2.35. The van der Waals surface area contributed by atoms with Crippen molar-refractivity contribution in [1.29, 1.82) is 0 Å². The third-order valence-corrected chi connectivity index (χ3v) is 4.63. The molecule has 1 aromatic carbocycles. The number of hydroxylamine groups is 2. The summed E-state index contributed by atoms with van der Waals surface area (Å²) < 4.78 is 10.2. The Kier molecular flexibility index (Phi) is 12.4.